The Labute approximate surface area is 78.5 Å². The van der Waals surface area contributed by atoms with Gasteiger partial charge in [-0.2, -0.15) is 0 Å². The van der Waals surface area contributed by atoms with E-state index in [1.165, 1.54) is 0 Å². The number of aromatic nitrogens is 3. The molecule has 0 radical (unpaired) electrons. The smallest absolute Gasteiger partial charge is 0.278 e. The normalized spacial score (nSPS) is 12.3. The monoisotopic (exact) mass is 198 g/mol. The molecule has 0 saturated heterocycles. The Bertz CT molecular complexity index is 302. The lowest BCUT2D eigenvalue weighted by Gasteiger charge is -2.11. The number of hydrogen-bond donors (Lipinski definition) is 0. The molecule has 0 aliphatic rings. The van der Waals surface area contributed by atoms with Crippen molar-refractivity contribution in [3.8, 4) is 0 Å². The molecule has 1 heterocycles. The molecule has 0 spiro atoms. The molecule has 0 unspecified atom stereocenters. The minimum atomic E-state index is -1.56. The van der Waals surface area contributed by atoms with Crippen LogP contribution < -0.4 is 0 Å². The highest BCUT2D eigenvalue weighted by Gasteiger charge is 2.15. The van der Waals surface area contributed by atoms with Gasteiger partial charge in [-0.3, -0.25) is 4.68 Å². The second-order valence-electron chi connectivity index (χ2n) is 3.76. The van der Waals surface area contributed by atoms with E-state index in [0.29, 0.717) is 5.69 Å². The van der Waals surface area contributed by atoms with E-state index in [2.05, 4.69) is 35.1 Å². The van der Waals surface area contributed by atoms with Gasteiger partial charge in [0.05, 0.1) is 12.4 Å². The van der Waals surface area contributed by atoms with Crippen LogP contribution in [0, 0.1) is 0 Å². The van der Waals surface area contributed by atoms with Gasteiger partial charge >= 0.3 is 0 Å². The van der Waals surface area contributed by atoms with E-state index in [9.17, 15) is 0 Å². The van der Waals surface area contributed by atoms with Crippen LogP contribution >= 0.6 is 0 Å². The zero-order valence-electron chi connectivity index (χ0n) is 8.35. The SMILES string of the molecule is Cn1cc(/C=N/O[Si](C)(C)C)nn1. The van der Waals surface area contributed by atoms with E-state index in [0.717, 1.165) is 0 Å². The third-order valence-corrected chi connectivity index (χ3v) is 1.79. The summed E-state index contributed by atoms with van der Waals surface area (Å²) >= 11 is 0. The second-order valence-corrected chi connectivity index (χ2v) is 8.16. The van der Waals surface area contributed by atoms with Crippen molar-refractivity contribution in [3.63, 3.8) is 0 Å². The fourth-order valence-electron chi connectivity index (χ4n) is 0.663. The van der Waals surface area contributed by atoms with Crippen molar-refractivity contribution in [2.45, 2.75) is 19.6 Å². The lowest BCUT2D eigenvalue weighted by Crippen LogP contribution is -2.22. The van der Waals surface area contributed by atoms with E-state index in [4.69, 9.17) is 4.53 Å². The number of oxime groups is 1. The fraction of sp³-hybridized carbons (Fsp3) is 0.571. The molecule has 0 N–H and O–H groups in total. The summed E-state index contributed by atoms with van der Waals surface area (Å²) in [5.41, 5.74) is 0.709. The van der Waals surface area contributed by atoms with E-state index in [1.54, 1.807) is 17.1 Å². The molecule has 1 aromatic rings. The van der Waals surface area contributed by atoms with Gasteiger partial charge in [0.2, 0.25) is 0 Å². The van der Waals surface area contributed by atoms with Crippen LogP contribution in [-0.4, -0.2) is 29.5 Å². The highest BCUT2D eigenvalue weighted by molar-refractivity contribution is 6.69. The molecular weight excluding hydrogens is 184 g/mol. The van der Waals surface area contributed by atoms with Crippen LogP contribution in [0.25, 0.3) is 0 Å². The number of hydrogen-bond acceptors (Lipinski definition) is 4. The third-order valence-electron chi connectivity index (χ3n) is 1.13. The molecule has 5 nitrogen and oxygen atoms in total. The zero-order chi connectivity index (χ0) is 9.90. The van der Waals surface area contributed by atoms with Crippen molar-refractivity contribution < 1.29 is 4.53 Å². The quantitative estimate of drug-likeness (QED) is 0.413. The van der Waals surface area contributed by atoms with Gasteiger partial charge in [-0.1, -0.05) is 5.21 Å². The maximum Gasteiger partial charge on any atom is 0.278 e. The van der Waals surface area contributed by atoms with Crippen LogP contribution in [0.15, 0.2) is 11.4 Å². The molecule has 6 heteroatoms. The van der Waals surface area contributed by atoms with Crippen molar-refractivity contribution in [3.05, 3.63) is 11.9 Å². The first-order valence-corrected chi connectivity index (χ1v) is 7.46. The van der Waals surface area contributed by atoms with Crippen molar-refractivity contribution in [2.75, 3.05) is 0 Å². The Hall–Kier alpha value is -1.17. The van der Waals surface area contributed by atoms with Crippen LogP contribution in [0.4, 0.5) is 0 Å². The van der Waals surface area contributed by atoms with Crippen molar-refractivity contribution >= 4 is 14.5 Å². The summed E-state index contributed by atoms with van der Waals surface area (Å²) in [6, 6.07) is 0. The molecule has 13 heavy (non-hydrogen) atoms. The molecule has 0 aliphatic carbocycles. The van der Waals surface area contributed by atoms with Crippen molar-refractivity contribution in [1.29, 1.82) is 0 Å². The molecule has 0 fully saturated rings. The first-order chi connectivity index (χ1) is 5.97. The number of aryl methyl sites for hydroxylation is 1. The van der Waals surface area contributed by atoms with Gasteiger partial charge in [0.15, 0.2) is 0 Å². The van der Waals surface area contributed by atoms with Crippen molar-refractivity contribution in [2.24, 2.45) is 12.2 Å². The van der Waals surface area contributed by atoms with Crippen LogP contribution in [-0.2, 0) is 11.6 Å². The Morgan fingerprint density at radius 3 is 2.69 bits per heavy atom. The number of rotatable bonds is 3. The maximum atomic E-state index is 5.27. The fourth-order valence-corrected chi connectivity index (χ4v) is 1.03. The summed E-state index contributed by atoms with van der Waals surface area (Å²) in [6.07, 6.45) is 3.35. The summed E-state index contributed by atoms with van der Waals surface area (Å²) in [5.74, 6) is 0. The van der Waals surface area contributed by atoms with Gasteiger partial charge in [0, 0.05) is 7.05 Å². The molecule has 72 valence electrons. The largest absolute Gasteiger partial charge is 0.456 e. The van der Waals surface area contributed by atoms with Crippen LogP contribution in [0.2, 0.25) is 19.6 Å². The maximum absolute atomic E-state index is 5.27. The average molecular weight is 198 g/mol. The first kappa shape index (κ1) is 9.91. The van der Waals surface area contributed by atoms with Gasteiger partial charge < -0.3 is 4.53 Å². The molecule has 0 atom stereocenters. The molecule has 1 aromatic heterocycles. The van der Waals surface area contributed by atoms with Gasteiger partial charge in [0.1, 0.15) is 5.69 Å². The highest BCUT2D eigenvalue weighted by atomic mass is 28.4. The molecule has 0 aliphatic heterocycles. The molecule has 0 saturated carbocycles. The standard InChI is InChI=1S/C7H14N4OSi/c1-11-6-7(9-10-11)5-8-12-13(2,3)4/h5-6H,1-4H3/b8-5+. The lowest BCUT2D eigenvalue weighted by molar-refractivity contribution is 0.338. The molecule has 0 aromatic carbocycles. The van der Waals surface area contributed by atoms with Gasteiger partial charge in [-0.15, -0.1) is 10.3 Å². The van der Waals surface area contributed by atoms with E-state index in [-0.39, 0.29) is 0 Å². The van der Waals surface area contributed by atoms with Crippen LogP contribution in [0.3, 0.4) is 0 Å². The van der Waals surface area contributed by atoms with Gasteiger partial charge in [-0.25, -0.2) is 0 Å². The number of nitrogens with zero attached hydrogens (tertiary/aromatic N) is 4. The summed E-state index contributed by atoms with van der Waals surface area (Å²) in [5, 5.41) is 11.4. The molecule has 0 amide bonds. The van der Waals surface area contributed by atoms with Gasteiger partial charge in [0.25, 0.3) is 8.32 Å². The van der Waals surface area contributed by atoms with Crippen molar-refractivity contribution in [1.82, 2.24) is 15.0 Å². The summed E-state index contributed by atoms with van der Waals surface area (Å²) in [7, 11) is 0.252. The van der Waals surface area contributed by atoms with Gasteiger partial charge in [-0.05, 0) is 19.6 Å². The Morgan fingerprint density at radius 2 is 2.23 bits per heavy atom. The van der Waals surface area contributed by atoms with E-state index >= 15 is 0 Å². The second kappa shape index (κ2) is 3.69. The summed E-state index contributed by atoms with van der Waals surface area (Å²) in [4.78, 5) is 0. The molecule has 1 rings (SSSR count). The first-order valence-electron chi connectivity index (χ1n) is 4.05. The average Bonchev–Trinajstić information content (AvgIpc) is 2.33. The van der Waals surface area contributed by atoms with E-state index in [1.807, 2.05) is 7.05 Å². The predicted molar refractivity (Wildman–Crippen MR) is 53.0 cm³/mol. The summed E-state index contributed by atoms with van der Waals surface area (Å²) in [6.45, 7) is 6.21. The van der Waals surface area contributed by atoms with Crippen LogP contribution in [0.1, 0.15) is 5.69 Å². The lowest BCUT2D eigenvalue weighted by atomic mass is 10.5. The Balaban J connectivity index is 2.50. The summed E-state index contributed by atoms with van der Waals surface area (Å²) < 4.78 is 6.89. The Kier molecular flexibility index (Phi) is 2.82. The minimum absolute atomic E-state index is 0.709. The minimum Gasteiger partial charge on any atom is -0.456 e. The predicted octanol–water partition coefficient (Wildman–Crippen LogP) is 1.00. The Morgan fingerprint density at radius 1 is 1.54 bits per heavy atom. The van der Waals surface area contributed by atoms with E-state index < -0.39 is 8.32 Å². The topological polar surface area (TPSA) is 52.3 Å². The highest BCUT2D eigenvalue weighted by Crippen LogP contribution is 2.02. The molecular formula is C7H14N4OSi. The zero-order valence-corrected chi connectivity index (χ0v) is 9.35. The molecule has 0 bridgehead atoms. The third kappa shape index (κ3) is 3.84. The van der Waals surface area contributed by atoms with Crippen LogP contribution in [0.5, 0.6) is 0 Å².